The largest absolute Gasteiger partial charge is 0.377 e. The first-order valence-corrected chi connectivity index (χ1v) is 14.8. The highest BCUT2D eigenvalue weighted by atomic mass is 16.2. The van der Waals surface area contributed by atoms with E-state index in [9.17, 15) is 14.4 Å². The maximum Gasteiger partial charge on any atom is 0.322 e. The van der Waals surface area contributed by atoms with Crippen molar-refractivity contribution in [1.82, 2.24) is 24.9 Å². The molecule has 5 rings (SSSR count). The molecule has 9 nitrogen and oxygen atoms in total. The van der Waals surface area contributed by atoms with Crippen molar-refractivity contribution in [1.29, 1.82) is 0 Å². The molecular weight excluding hydrogens is 492 g/mol. The summed E-state index contributed by atoms with van der Waals surface area (Å²) in [5, 5.41) is 6.19. The van der Waals surface area contributed by atoms with Crippen LogP contribution >= 0.6 is 0 Å². The molecule has 0 radical (unpaired) electrons. The van der Waals surface area contributed by atoms with E-state index >= 15 is 0 Å². The Kier molecular flexibility index (Phi) is 8.75. The van der Waals surface area contributed by atoms with E-state index in [4.69, 9.17) is 0 Å². The van der Waals surface area contributed by atoms with Gasteiger partial charge in [-0.3, -0.25) is 9.59 Å². The number of amides is 4. The van der Waals surface area contributed by atoms with Crippen LogP contribution in [0.15, 0.2) is 36.5 Å². The molecule has 3 saturated heterocycles. The van der Waals surface area contributed by atoms with Gasteiger partial charge in [0.05, 0.1) is 6.42 Å². The lowest BCUT2D eigenvalue weighted by atomic mass is 9.98. The number of benzene rings is 1. The lowest BCUT2D eigenvalue weighted by molar-refractivity contribution is -0.140. The predicted molar refractivity (Wildman–Crippen MR) is 152 cm³/mol. The Balaban J connectivity index is 1.12. The van der Waals surface area contributed by atoms with Gasteiger partial charge in [-0.05, 0) is 70.2 Å². The van der Waals surface area contributed by atoms with E-state index in [-0.39, 0.29) is 30.3 Å². The van der Waals surface area contributed by atoms with Crippen LogP contribution in [0.3, 0.4) is 0 Å². The number of likely N-dealkylation sites (tertiary alicyclic amines) is 3. The van der Waals surface area contributed by atoms with Crippen LogP contribution < -0.4 is 10.6 Å². The number of hydrogen-bond donors (Lipinski definition) is 2. The van der Waals surface area contributed by atoms with Crippen molar-refractivity contribution in [3.05, 3.63) is 42.1 Å². The van der Waals surface area contributed by atoms with Gasteiger partial charge in [0.1, 0.15) is 6.04 Å². The minimum atomic E-state index is -0.594. The number of hydrogen-bond acceptors (Lipinski definition) is 5. The number of carbonyl (C=O) groups is 3. The van der Waals surface area contributed by atoms with Crippen LogP contribution in [0.2, 0.25) is 0 Å². The zero-order valence-corrected chi connectivity index (χ0v) is 23.4. The number of rotatable bonds is 7. The van der Waals surface area contributed by atoms with Crippen molar-refractivity contribution in [2.45, 2.75) is 83.0 Å². The molecule has 4 aliphatic rings. The number of piperidine rings is 3. The van der Waals surface area contributed by atoms with E-state index < -0.39 is 6.04 Å². The normalized spacial score (nSPS) is 22.2. The van der Waals surface area contributed by atoms with Crippen molar-refractivity contribution >= 4 is 23.5 Å². The molecule has 1 atom stereocenters. The molecule has 4 heterocycles. The summed E-state index contributed by atoms with van der Waals surface area (Å²) in [6.45, 7) is 11.4. The summed E-state index contributed by atoms with van der Waals surface area (Å²) in [5.41, 5.74) is 2.69. The third-order valence-electron chi connectivity index (χ3n) is 8.90. The minimum absolute atomic E-state index is 0.00184. The van der Waals surface area contributed by atoms with E-state index in [0.717, 1.165) is 50.0 Å². The topological polar surface area (TPSA) is 88.2 Å². The fraction of sp³-hybridized carbons (Fsp3) is 0.633. The molecule has 1 aromatic carbocycles. The number of nitrogens with zero attached hydrogens (tertiary/aromatic N) is 4. The van der Waals surface area contributed by atoms with Crippen LogP contribution in [0.4, 0.5) is 10.5 Å². The van der Waals surface area contributed by atoms with Crippen molar-refractivity contribution in [2.75, 3.05) is 44.6 Å². The van der Waals surface area contributed by atoms with Crippen LogP contribution in [0, 0.1) is 0 Å². The van der Waals surface area contributed by atoms with E-state index in [1.165, 1.54) is 32.4 Å². The van der Waals surface area contributed by atoms with Gasteiger partial charge in [0, 0.05) is 56.2 Å². The maximum absolute atomic E-state index is 13.5. The van der Waals surface area contributed by atoms with Gasteiger partial charge < -0.3 is 30.2 Å². The predicted octanol–water partition coefficient (Wildman–Crippen LogP) is 3.38. The van der Waals surface area contributed by atoms with Gasteiger partial charge in [0.25, 0.3) is 0 Å². The Morgan fingerprint density at radius 3 is 2.28 bits per heavy atom. The van der Waals surface area contributed by atoms with Crippen molar-refractivity contribution in [2.24, 2.45) is 0 Å². The SMILES string of the molecule is C=C(C)N[C@@H](CC(=O)N1CCC(N2Cc3ccccc3NC2=O)CC1)C(=O)N1CCC(N2CCCCC2)CC1. The van der Waals surface area contributed by atoms with Gasteiger partial charge >= 0.3 is 6.03 Å². The van der Waals surface area contributed by atoms with Crippen molar-refractivity contribution in [3.63, 3.8) is 0 Å². The first-order chi connectivity index (χ1) is 18.9. The fourth-order valence-corrected chi connectivity index (χ4v) is 6.70. The average molecular weight is 537 g/mol. The van der Waals surface area contributed by atoms with Crippen LogP contribution in [-0.2, 0) is 16.1 Å². The van der Waals surface area contributed by atoms with E-state index in [0.29, 0.717) is 31.4 Å². The number of para-hydroxylation sites is 1. The number of anilines is 1. The summed E-state index contributed by atoms with van der Waals surface area (Å²) >= 11 is 0. The molecule has 0 spiro atoms. The Morgan fingerprint density at radius 2 is 1.59 bits per heavy atom. The Morgan fingerprint density at radius 1 is 0.949 bits per heavy atom. The van der Waals surface area contributed by atoms with Gasteiger partial charge in [-0.1, -0.05) is 31.2 Å². The summed E-state index contributed by atoms with van der Waals surface area (Å²) in [7, 11) is 0. The molecule has 39 heavy (non-hydrogen) atoms. The third-order valence-corrected chi connectivity index (χ3v) is 8.90. The molecule has 0 unspecified atom stereocenters. The highest BCUT2D eigenvalue weighted by molar-refractivity contribution is 5.92. The highest BCUT2D eigenvalue weighted by Crippen LogP contribution is 2.28. The number of allylic oxidation sites excluding steroid dienone is 1. The zero-order valence-electron chi connectivity index (χ0n) is 23.4. The van der Waals surface area contributed by atoms with E-state index in [1.54, 1.807) is 0 Å². The molecule has 2 N–H and O–H groups in total. The zero-order chi connectivity index (χ0) is 27.4. The minimum Gasteiger partial charge on any atom is -0.377 e. The van der Waals surface area contributed by atoms with Gasteiger partial charge in [0.15, 0.2) is 0 Å². The Hall–Kier alpha value is -3.07. The maximum atomic E-state index is 13.5. The second kappa shape index (κ2) is 12.4. The smallest absolute Gasteiger partial charge is 0.322 e. The first kappa shape index (κ1) is 27.5. The van der Waals surface area contributed by atoms with Crippen LogP contribution in [0.25, 0.3) is 0 Å². The lowest BCUT2D eigenvalue weighted by Gasteiger charge is -2.42. The molecular formula is C30H44N6O3. The molecule has 0 bridgehead atoms. The van der Waals surface area contributed by atoms with Crippen molar-refractivity contribution < 1.29 is 14.4 Å². The number of carbonyl (C=O) groups excluding carboxylic acids is 3. The monoisotopic (exact) mass is 536 g/mol. The molecule has 3 fully saturated rings. The Labute approximate surface area is 232 Å². The third kappa shape index (κ3) is 6.57. The van der Waals surface area contributed by atoms with Gasteiger partial charge in [-0.2, -0.15) is 0 Å². The summed E-state index contributed by atoms with van der Waals surface area (Å²) in [6, 6.07) is 7.89. The molecule has 0 aliphatic carbocycles. The van der Waals surface area contributed by atoms with Gasteiger partial charge in [-0.15, -0.1) is 0 Å². The van der Waals surface area contributed by atoms with E-state index in [2.05, 4.69) is 22.1 Å². The number of urea groups is 1. The molecule has 9 heteroatoms. The standard InChI is InChI=1S/C30H44N6O3/c1-22(2)31-27(29(38)35-18-10-24(11-19-35)33-14-6-3-7-15-33)20-28(37)34-16-12-25(13-17-34)36-21-23-8-4-5-9-26(23)32-30(36)39/h4-5,8-9,24-25,27,31H,1,3,6-7,10-21H2,2H3,(H,32,39)/t27-/m0/s1. The average Bonchev–Trinajstić information content (AvgIpc) is 2.96. The van der Waals surface area contributed by atoms with Gasteiger partial charge in [0.2, 0.25) is 11.8 Å². The number of nitrogens with one attached hydrogen (secondary N) is 2. The number of fused-ring (bicyclic) bond motifs is 1. The summed E-state index contributed by atoms with van der Waals surface area (Å²) in [5.74, 6) is -0.0147. The Bertz CT molecular complexity index is 1050. The quantitative estimate of drug-likeness (QED) is 0.558. The summed E-state index contributed by atoms with van der Waals surface area (Å²) < 4.78 is 0. The molecule has 0 aromatic heterocycles. The van der Waals surface area contributed by atoms with Gasteiger partial charge in [-0.25, -0.2) is 4.79 Å². The second-order valence-corrected chi connectivity index (χ2v) is 11.7. The van der Waals surface area contributed by atoms with E-state index in [1.807, 2.05) is 45.9 Å². The molecule has 1 aromatic rings. The molecule has 212 valence electrons. The molecule has 4 aliphatic heterocycles. The summed E-state index contributed by atoms with van der Waals surface area (Å²) in [4.78, 5) is 47.9. The lowest BCUT2D eigenvalue weighted by Crippen LogP contribution is -2.54. The second-order valence-electron chi connectivity index (χ2n) is 11.7. The molecule has 4 amide bonds. The van der Waals surface area contributed by atoms with Crippen LogP contribution in [0.1, 0.15) is 63.9 Å². The fourth-order valence-electron chi connectivity index (χ4n) is 6.70. The highest BCUT2D eigenvalue weighted by Gasteiger charge is 2.35. The van der Waals surface area contributed by atoms with Crippen molar-refractivity contribution in [3.8, 4) is 0 Å². The van der Waals surface area contributed by atoms with Crippen LogP contribution in [-0.4, -0.2) is 94.8 Å². The van der Waals surface area contributed by atoms with Crippen LogP contribution in [0.5, 0.6) is 0 Å². The first-order valence-electron chi connectivity index (χ1n) is 14.8. The molecule has 0 saturated carbocycles. The summed E-state index contributed by atoms with van der Waals surface area (Å²) in [6.07, 6.45) is 7.49.